The SMILES string of the molecule is O=C(O)CNC(=O)C1CCC(=O)N(Cc2ccccc2)C1c1ccccc1. The van der Waals surface area contributed by atoms with Gasteiger partial charge in [-0.15, -0.1) is 0 Å². The molecule has 2 N–H and O–H groups in total. The number of benzene rings is 2. The van der Waals surface area contributed by atoms with E-state index in [9.17, 15) is 14.4 Å². The van der Waals surface area contributed by atoms with Crippen LogP contribution in [0.5, 0.6) is 0 Å². The molecule has 27 heavy (non-hydrogen) atoms. The van der Waals surface area contributed by atoms with Gasteiger partial charge in [-0.2, -0.15) is 0 Å². The van der Waals surface area contributed by atoms with Gasteiger partial charge in [0.2, 0.25) is 11.8 Å². The molecule has 3 rings (SSSR count). The number of hydrogen-bond donors (Lipinski definition) is 2. The number of carbonyl (C=O) groups excluding carboxylic acids is 2. The summed E-state index contributed by atoms with van der Waals surface area (Å²) >= 11 is 0. The number of carboxylic acids is 1. The van der Waals surface area contributed by atoms with Crippen LogP contribution in [0.1, 0.15) is 30.0 Å². The third-order valence-corrected chi connectivity index (χ3v) is 4.79. The van der Waals surface area contributed by atoms with Gasteiger partial charge in [0.1, 0.15) is 6.54 Å². The van der Waals surface area contributed by atoms with E-state index in [2.05, 4.69) is 5.32 Å². The summed E-state index contributed by atoms with van der Waals surface area (Å²) in [5, 5.41) is 11.3. The van der Waals surface area contributed by atoms with Crippen molar-refractivity contribution in [2.24, 2.45) is 5.92 Å². The van der Waals surface area contributed by atoms with Gasteiger partial charge in [-0.3, -0.25) is 14.4 Å². The van der Waals surface area contributed by atoms with Crippen molar-refractivity contribution in [2.45, 2.75) is 25.4 Å². The highest BCUT2D eigenvalue weighted by molar-refractivity contribution is 5.87. The molecular weight excluding hydrogens is 344 g/mol. The van der Waals surface area contributed by atoms with Crippen LogP contribution in [0, 0.1) is 5.92 Å². The van der Waals surface area contributed by atoms with Crippen molar-refractivity contribution in [1.29, 1.82) is 0 Å². The number of likely N-dealkylation sites (tertiary alicyclic amines) is 1. The van der Waals surface area contributed by atoms with Crippen molar-refractivity contribution in [3.63, 3.8) is 0 Å². The van der Waals surface area contributed by atoms with Gasteiger partial charge < -0.3 is 15.3 Å². The zero-order valence-corrected chi connectivity index (χ0v) is 14.9. The Kier molecular flexibility index (Phi) is 5.86. The maximum atomic E-state index is 12.7. The second kappa shape index (κ2) is 8.49. The Morgan fingerprint density at radius 3 is 2.30 bits per heavy atom. The molecular formula is C21H22N2O4. The normalized spacial score (nSPS) is 19.6. The van der Waals surface area contributed by atoms with E-state index in [1.807, 2.05) is 60.7 Å². The number of nitrogens with one attached hydrogen (secondary N) is 1. The minimum absolute atomic E-state index is 0.00464. The standard InChI is InChI=1S/C21H22N2O4/c24-18-12-11-17(21(27)22-13-19(25)26)20(16-9-5-2-6-10-16)23(18)14-15-7-3-1-4-8-15/h1-10,17,20H,11-14H2,(H,22,27)(H,25,26). The fourth-order valence-corrected chi connectivity index (χ4v) is 3.55. The van der Waals surface area contributed by atoms with Crippen LogP contribution >= 0.6 is 0 Å². The summed E-state index contributed by atoms with van der Waals surface area (Å²) in [6.07, 6.45) is 0.663. The van der Waals surface area contributed by atoms with E-state index >= 15 is 0 Å². The van der Waals surface area contributed by atoms with E-state index in [4.69, 9.17) is 5.11 Å². The molecule has 2 atom stereocenters. The highest BCUT2D eigenvalue weighted by Crippen LogP contribution is 2.37. The molecule has 0 aliphatic carbocycles. The van der Waals surface area contributed by atoms with Crippen molar-refractivity contribution < 1.29 is 19.5 Å². The summed E-state index contributed by atoms with van der Waals surface area (Å²) in [5.74, 6) is -1.92. The molecule has 0 radical (unpaired) electrons. The summed E-state index contributed by atoms with van der Waals surface area (Å²) in [6, 6.07) is 18.7. The van der Waals surface area contributed by atoms with Gasteiger partial charge in [-0.05, 0) is 17.5 Å². The molecule has 2 aromatic rings. The van der Waals surface area contributed by atoms with Gasteiger partial charge in [0.25, 0.3) is 0 Å². The van der Waals surface area contributed by atoms with Crippen LogP contribution < -0.4 is 5.32 Å². The predicted octanol–water partition coefficient (Wildman–Crippen LogP) is 2.37. The minimum Gasteiger partial charge on any atom is -0.480 e. The third kappa shape index (κ3) is 4.53. The Balaban J connectivity index is 1.92. The molecule has 2 unspecified atom stereocenters. The van der Waals surface area contributed by atoms with Crippen LogP contribution in [-0.4, -0.2) is 34.3 Å². The van der Waals surface area contributed by atoms with E-state index in [0.29, 0.717) is 13.0 Å². The summed E-state index contributed by atoms with van der Waals surface area (Å²) in [6.45, 7) is -0.0224. The molecule has 0 bridgehead atoms. The molecule has 0 spiro atoms. The first-order chi connectivity index (χ1) is 13.1. The first-order valence-electron chi connectivity index (χ1n) is 8.94. The van der Waals surface area contributed by atoms with Crippen molar-refractivity contribution in [3.05, 3.63) is 71.8 Å². The lowest BCUT2D eigenvalue weighted by Crippen LogP contribution is -2.48. The number of nitrogens with zero attached hydrogens (tertiary/aromatic N) is 1. The van der Waals surface area contributed by atoms with Gasteiger partial charge >= 0.3 is 5.97 Å². The van der Waals surface area contributed by atoms with Crippen LogP contribution in [0.15, 0.2) is 60.7 Å². The van der Waals surface area contributed by atoms with Crippen molar-refractivity contribution in [3.8, 4) is 0 Å². The van der Waals surface area contributed by atoms with E-state index in [0.717, 1.165) is 11.1 Å². The molecule has 2 amide bonds. The van der Waals surface area contributed by atoms with Gasteiger partial charge in [-0.25, -0.2) is 0 Å². The van der Waals surface area contributed by atoms with Gasteiger partial charge in [0.05, 0.1) is 12.0 Å². The van der Waals surface area contributed by atoms with Gasteiger partial charge in [0.15, 0.2) is 0 Å². The van der Waals surface area contributed by atoms with Crippen LogP contribution in [0.4, 0.5) is 0 Å². The van der Waals surface area contributed by atoms with Crippen LogP contribution in [-0.2, 0) is 20.9 Å². The number of aliphatic carboxylic acids is 1. The Bertz CT molecular complexity index is 807. The van der Waals surface area contributed by atoms with Crippen LogP contribution in [0.2, 0.25) is 0 Å². The fraction of sp³-hybridized carbons (Fsp3) is 0.286. The lowest BCUT2D eigenvalue weighted by Gasteiger charge is -2.41. The average molecular weight is 366 g/mol. The number of amides is 2. The monoisotopic (exact) mass is 366 g/mol. The summed E-state index contributed by atoms with van der Waals surface area (Å²) in [4.78, 5) is 37.9. The second-order valence-electron chi connectivity index (χ2n) is 6.62. The average Bonchev–Trinajstić information content (AvgIpc) is 2.69. The predicted molar refractivity (Wildman–Crippen MR) is 99.5 cm³/mol. The Labute approximate surface area is 157 Å². The zero-order chi connectivity index (χ0) is 19.2. The Morgan fingerprint density at radius 2 is 1.67 bits per heavy atom. The first-order valence-corrected chi connectivity index (χ1v) is 8.94. The Hall–Kier alpha value is -3.15. The highest BCUT2D eigenvalue weighted by Gasteiger charge is 2.40. The summed E-state index contributed by atoms with van der Waals surface area (Å²) in [7, 11) is 0. The first kappa shape index (κ1) is 18.6. The molecule has 0 saturated carbocycles. The molecule has 6 heteroatoms. The Morgan fingerprint density at radius 1 is 1.04 bits per heavy atom. The zero-order valence-electron chi connectivity index (χ0n) is 14.9. The number of hydrogen-bond acceptors (Lipinski definition) is 3. The number of carboxylic acid groups (broad SMARTS) is 1. The van der Waals surface area contributed by atoms with Crippen LogP contribution in [0.3, 0.4) is 0 Å². The number of rotatable bonds is 6. The molecule has 2 aromatic carbocycles. The molecule has 6 nitrogen and oxygen atoms in total. The van der Waals surface area contributed by atoms with Crippen molar-refractivity contribution in [1.82, 2.24) is 10.2 Å². The van der Waals surface area contributed by atoms with E-state index in [-0.39, 0.29) is 18.2 Å². The van der Waals surface area contributed by atoms with Crippen molar-refractivity contribution >= 4 is 17.8 Å². The third-order valence-electron chi connectivity index (χ3n) is 4.79. The summed E-state index contributed by atoms with van der Waals surface area (Å²) in [5.41, 5.74) is 1.86. The second-order valence-corrected chi connectivity index (χ2v) is 6.62. The topological polar surface area (TPSA) is 86.7 Å². The molecule has 1 saturated heterocycles. The maximum absolute atomic E-state index is 12.7. The largest absolute Gasteiger partial charge is 0.480 e. The molecule has 140 valence electrons. The van der Waals surface area contributed by atoms with Crippen LogP contribution in [0.25, 0.3) is 0 Å². The van der Waals surface area contributed by atoms with Gasteiger partial charge in [-0.1, -0.05) is 60.7 Å². The molecule has 0 aromatic heterocycles. The smallest absolute Gasteiger partial charge is 0.322 e. The van der Waals surface area contributed by atoms with E-state index in [1.165, 1.54) is 0 Å². The fourth-order valence-electron chi connectivity index (χ4n) is 3.55. The van der Waals surface area contributed by atoms with E-state index in [1.54, 1.807) is 4.90 Å². The number of carbonyl (C=O) groups is 3. The molecule has 1 fully saturated rings. The molecule has 1 heterocycles. The number of piperidine rings is 1. The summed E-state index contributed by atoms with van der Waals surface area (Å²) < 4.78 is 0. The van der Waals surface area contributed by atoms with Crippen molar-refractivity contribution in [2.75, 3.05) is 6.54 Å². The lowest BCUT2D eigenvalue weighted by atomic mass is 9.83. The molecule has 1 aliphatic rings. The maximum Gasteiger partial charge on any atom is 0.322 e. The van der Waals surface area contributed by atoms with E-state index < -0.39 is 24.5 Å². The molecule has 1 aliphatic heterocycles. The minimum atomic E-state index is -1.09. The lowest BCUT2D eigenvalue weighted by molar-refractivity contribution is -0.146. The highest BCUT2D eigenvalue weighted by atomic mass is 16.4. The van der Waals surface area contributed by atoms with Gasteiger partial charge in [0, 0.05) is 13.0 Å². The quantitative estimate of drug-likeness (QED) is 0.822.